The molecule has 1 amide bonds. The zero-order valence-electron chi connectivity index (χ0n) is 8.30. The minimum atomic E-state index is 0.0318. The van der Waals surface area contributed by atoms with Gasteiger partial charge in [0.1, 0.15) is 0 Å². The molecule has 2 atom stereocenters. The molecule has 0 saturated carbocycles. The Labute approximate surface area is 84.0 Å². The summed E-state index contributed by atoms with van der Waals surface area (Å²) in [5.41, 5.74) is 0. The molecular formula is C9H18N2OS. The van der Waals surface area contributed by atoms with Crippen LogP contribution in [0.4, 0.5) is 0 Å². The van der Waals surface area contributed by atoms with E-state index < -0.39 is 0 Å². The van der Waals surface area contributed by atoms with E-state index in [9.17, 15) is 4.79 Å². The summed E-state index contributed by atoms with van der Waals surface area (Å²) in [6.07, 6.45) is 2.18. The molecule has 76 valence electrons. The molecule has 0 aromatic rings. The van der Waals surface area contributed by atoms with Crippen LogP contribution in [0.25, 0.3) is 0 Å². The zero-order chi connectivity index (χ0) is 9.68. The summed E-state index contributed by atoms with van der Waals surface area (Å²) in [5.74, 6) is 1.97. The van der Waals surface area contributed by atoms with Gasteiger partial charge in [0.2, 0.25) is 5.91 Å². The molecule has 13 heavy (non-hydrogen) atoms. The molecule has 1 rings (SSSR count). The number of thioether (sulfide) groups is 1. The first-order chi connectivity index (χ1) is 6.24. The SMILES string of the molecule is CCCC(C)NC(=O)C1CSCN1. The number of nitrogens with one attached hydrogen (secondary N) is 2. The molecule has 3 nitrogen and oxygen atoms in total. The summed E-state index contributed by atoms with van der Waals surface area (Å²) in [4.78, 5) is 11.5. The fraction of sp³-hybridized carbons (Fsp3) is 0.889. The number of rotatable bonds is 4. The summed E-state index contributed by atoms with van der Waals surface area (Å²) in [7, 11) is 0. The van der Waals surface area contributed by atoms with E-state index in [1.54, 1.807) is 11.8 Å². The van der Waals surface area contributed by atoms with Crippen molar-refractivity contribution in [2.45, 2.75) is 38.8 Å². The Balaban J connectivity index is 2.23. The second kappa shape index (κ2) is 5.50. The van der Waals surface area contributed by atoms with Crippen LogP contribution in [0.1, 0.15) is 26.7 Å². The predicted octanol–water partition coefficient (Wildman–Crippen LogP) is 0.954. The zero-order valence-corrected chi connectivity index (χ0v) is 9.12. The monoisotopic (exact) mass is 202 g/mol. The molecule has 2 N–H and O–H groups in total. The molecule has 0 aromatic heterocycles. The van der Waals surface area contributed by atoms with Gasteiger partial charge in [-0.3, -0.25) is 10.1 Å². The molecule has 1 aliphatic heterocycles. The summed E-state index contributed by atoms with van der Waals surface area (Å²) >= 11 is 1.78. The van der Waals surface area contributed by atoms with Crippen molar-refractivity contribution in [3.63, 3.8) is 0 Å². The number of carbonyl (C=O) groups excluding carboxylic acids is 1. The highest BCUT2D eigenvalue weighted by atomic mass is 32.2. The van der Waals surface area contributed by atoms with E-state index in [2.05, 4.69) is 24.5 Å². The maximum absolute atomic E-state index is 11.5. The van der Waals surface area contributed by atoms with E-state index in [0.717, 1.165) is 24.5 Å². The number of carbonyl (C=O) groups is 1. The number of amides is 1. The molecule has 2 unspecified atom stereocenters. The molecule has 0 aromatic carbocycles. The van der Waals surface area contributed by atoms with Gasteiger partial charge in [0, 0.05) is 17.7 Å². The Kier molecular flexibility index (Phi) is 4.59. The highest BCUT2D eigenvalue weighted by molar-refractivity contribution is 7.99. The fourth-order valence-electron chi connectivity index (χ4n) is 1.41. The fourth-order valence-corrected chi connectivity index (χ4v) is 2.35. The number of hydrogen-bond acceptors (Lipinski definition) is 3. The van der Waals surface area contributed by atoms with Crippen LogP contribution in [0.3, 0.4) is 0 Å². The lowest BCUT2D eigenvalue weighted by atomic mass is 10.2. The van der Waals surface area contributed by atoms with Gasteiger partial charge < -0.3 is 5.32 Å². The molecule has 0 bridgehead atoms. The molecule has 0 radical (unpaired) electrons. The van der Waals surface area contributed by atoms with E-state index in [0.29, 0.717) is 6.04 Å². The highest BCUT2D eigenvalue weighted by Crippen LogP contribution is 2.09. The molecule has 1 saturated heterocycles. The third-order valence-electron chi connectivity index (χ3n) is 2.14. The number of hydrogen-bond donors (Lipinski definition) is 2. The van der Waals surface area contributed by atoms with Crippen LogP contribution in [0.2, 0.25) is 0 Å². The Morgan fingerprint density at radius 2 is 2.54 bits per heavy atom. The van der Waals surface area contributed by atoms with Gasteiger partial charge >= 0.3 is 0 Å². The molecule has 1 fully saturated rings. The highest BCUT2D eigenvalue weighted by Gasteiger charge is 2.22. The third kappa shape index (κ3) is 3.56. The molecular weight excluding hydrogens is 184 g/mol. The van der Waals surface area contributed by atoms with Crippen molar-refractivity contribution in [1.82, 2.24) is 10.6 Å². The van der Waals surface area contributed by atoms with Crippen molar-refractivity contribution in [3.05, 3.63) is 0 Å². The van der Waals surface area contributed by atoms with Gasteiger partial charge in [-0.05, 0) is 13.3 Å². The standard InChI is InChI=1S/C9H18N2OS/c1-3-4-7(2)11-9(12)8-5-13-6-10-8/h7-8,10H,3-6H2,1-2H3,(H,11,12). The summed E-state index contributed by atoms with van der Waals surface area (Å²) in [6, 6.07) is 0.342. The largest absolute Gasteiger partial charge is 0.352 e. The van der Waals surface area contributed by atoms with E-state index in [1.165, 1.54) is 0 Å². The van der Waals surface area contributed by atoms with Crippen molar-refractivity contribution in [2.24, 2.45) is 0 Å². The summed E-state index contributed by atoms with van der Waals surface area (Å²) in [6.45, 7) is 4.19. The van der Waals surface area contributed by atoms with Crippen molar-refractivity contribution in [2.75, 3.05) is 11.6 Å². The second-order valence-electron chi connectivity index (χ2n) is 3.47. The molecule has 1 heterocycles. The Bertz CT molecular complexity index is 169. The van der Waals surface area contributed by atoms with Crippen LogP contribution in [0.5, 0.6) is 0 Å². The van der Waals surface area contributed by atoms with Crippen molar-refractivity contribution in [3.8, 4) is 0 Å². The van der Waals surface area contributed by atoms with Gasteiger partial charge in [0.25, 0.3) is 0 Å². The first-order valence-corrected chi connectivity index (χ1v) is 6.01. The van der Waals surface area contributed by atoms with E-state index in [-0.39, 0.29) is 11.9 Å². The van der Waals surface area contributed by atoms with E-state index >= 15 is 0 Å². The van der Waals surface area contributed by atoms with Crippen molar-refractivity contribution in [1.29, 1.82) is 0 Å². The third-order valence-corrected chi connectivity index (χ3v) is 3.08. The van der Waals surface area contributed by atoms with E-state index in [4.69, 9.17) is 0 Å². The lowest BCUT2D eigenvalue weighted by molar-refractivity contribution is -0.123. The van der Waals surface area contributed by atoms with Crippen molar-refractivity contribution < 1.29 is 4.79 Å². The van der Waals surface area contributed by atoms with Crippen molar-refractivity contribution >= 4 is 17.7 Å². The molecule has 0 aliphatic carbocycles. The lowest BCUT2D eigenvalue weighted by Gasteiger charge is -2.15. The minimum Gasteiger partial charge on any atom is -0.352 e. The van der Waals surface area contributed by atoms with Gasteiger partial charge in [0.05, 0.1) is 6.04 Å². The first-order valence-electron chi connectivity index (χ1n) is 4.85. The van der Waals surface area contributed by atoms with Crippen LogP contribution < -0.4 is 10.6 Å². The van der Waals surface area contributed by atoms with E-state index in [1.807, 2.05) is 0 Å². The minimum absolute atomic E-state index is 0.0318. The average Bonchev–Trinajstić information content (AvgIpc) is 2.55. The van der Waals surface area contributed by atoms with Crippen LogP contribution in [-0.2, 0) is 4.79 Å². The predicted molar refractivity (Wildman–Crippen MR) is 56.8 cm³/mol. The van der Waals surface area contributed by atoms with Gasteiger partial charge in [-0.15, -0.1) is 11.8 Å². The van der Waals surface area contributed by atoms with Gasteiger partial charge in [-0.25, -0.2) is 0 Å². The summed E-state index contributed by atoms with van der Waals surface area (Å²) in [5, 5.41) is 6.16. The second-order valence-corrected chi connectivity index (χ2v) is 4.50. The van der Waals surface area contributed by atoms with Crippen LogP contribution >= 0.6 is 11.8 Å². The maximum atomic E-state index is 11.5. The topological polar surface area (TPSA) is 41.1 Å². The first kappa shape index (κ1) is 10.9. The lowest BCUT2D eigenvalue weighted by Crippen LogP contribution is -2.45. The Hall–Kier alpha value is -0.220. The summed E-state index contributed by atoms with van der Waals surface area (Å²) < 4.78 is 0. The normalized spacial score (nSPS) is 24.3. The molecule has 0 spiro atoms. The Morgan fingerprint density at radius 3 is 3.08 bits per heavy atom. The molecule has 1 aliphatic rings. The van der Waals surface area contributed by atoms with Crippen LogP contribution in [-0.4, -0.2) is 29.6 Å². The molecule has 4 heteroatoms. The maximum Gasteiger partial charge on any atom is 0.238 e. The smallest absolute Gasteiger partial charge is 0.238 e. The van der Waals surface area contributed by atoms with Gasteiger partial charge in [-0.1, -0.05) is 13.3 Å². The Morgan fingerprint density at radius 1 is 1.77 bits per heavy atom. The van der Waals surface area contributed by atoms with Crippen LogP contribution in [0, 0.1) is 0 Å². The average molecular weight is 202 g/mol. The van der Waals surface area contributed by atoms with Crippen LogP contribution in [0.15, 0.2) is 0 Å². The van der Waals surface area contributed by atoms with Gasteiger partial charge in [-0.2, -0.15) is 0 Å². The quantitative estimate of drug-likeness (QED) is 0.713. The van der Waals surface area contributed by atoms with Gasteiger partial charge in [0.15, 0.2) is 0 Å².